The van der Waals surface area contributed by atoms with E-state index in [1.807, 2.05) is 11.0 Å². The molecule has 4 aliphatic rings. The minimum atomic E-state index is -1.96. The van der Waals surface area contributed by atoms with E-state index in [1.165, 1.54) is 5.56 Å². The fourth-order valence-electron chi connectivity index (χ4n) is 6.30. The van der Waals surface area contributed by atoms with E-state index >= 15 is 0 Å². The Hall–Kier alpha value is -2.49. The van der Waals surface area contributed by atoms with Gasteiger partial charge in [0.2, 0.25) is 5.91 Å². The van der Waals surface area contributed by atoms with Gasteiger partial charge in [0, 0.05) is 24.8 Å². The predicted molar refractivity (Wildman–Crippen MR) is 154 cm³/mol. The van der Waals surface area contributed by atoms with Crippen LogP contribution in [0.25, 0.3) is 0 Å². The molecule has 0 aromatic heterocycles. The van der Waals surface area contributed by atoms with Crippen LogP contribution >= 0.6 is 0 Å². The first-order chi connectivity index (χ1) is 18.7. The highest BCUT2D eigenvalue weighted by Gasteiger charge is 2.50. The number of rotatable bonds is 7. The molecule has 0 radical (unpaired) electrons. The summed E-state index contributed by atoms with van der Waals surface area (Å²) in [4.78, 5) is 42.0. The zero-order valence-corrected chi connectivity index (χ0v) is 26.1. The number of fused-ring (bicyclic) bond motifs is 1. The van der Waals surface area contributed by atoms with E-state index in [0.29, 0.717) is 30.9 Å². The summed E-state index contributed by atoms with van der Waals surface area (Å²) in [6, 6.07) is 4.15. The first-order valence-electron chi connectivity index (χ1n) is 14.6. The molecular weight excluding hydrogens is 524 g/mol. The number of carbonyl (C=O) groups excluding carboxylic acids is 3. The van der Waals surface area contributed by atoms with E-state index in [0.717, 1.165) is 55.6 Å². The Morgan fingerprint density at radius 1 is 0.975 bits per heavy atom. The van der Waals surface area contributed by atoms with Crippen molar-refractivity contribution in [2.45, 2.75) is 91.1 Å². The summed E-state index contributed by atoms with van der Waals surface area (Å²) in [5, 5.41) is 0.114. The maximum atomic E-state index is 13.7. The quantitative estimate of drug-likeness (QED) is 0.347. The van der Waals surface area contributed by atoms with E-state index < -0.39 is 8.32 Å². The monoisotopic (exact) mass is 568 g/mol. The Balaban J connectivity index is 1.33. The van der Waals surface area contributed by atoms with Gasteiger partial charge < -0.3 is 18.8 Å². The van der Waals surface area contributed by atoms with Gasteiger partial charge in [-0.3, -0.25) is 9.69 Å². The molecule has 4 aliphatic heterocycles. The van der Waals surface area contributed by atoms with Gasteiger partial charge in [0.1, 0.15) is 13.2 Å². The van der Waals surface area contributed by atoms with Crippen molar-refractivity contribution in [3.8, 4) is 0 Å². The summed E-state index contributed by atoms with van der Waals surface area (Å²) < 4.78 is 17.3. The molecule has 8 nitrogen and oxygen atoms in total. The Bertz CT molecular complexity index is 1260. The van der Waals surface area contributed by atoms with Crippen LogP contribution in [-0.2, 0) is 36.5 Å². The Kier molecular flexibility index (Phi) is 7.55. The van der Waals surface area contributed by atoms with Crippen LogP contribution in [0.3, 0.4) is 0 Å². The number of cyclic esters (lactones) is 2. The highest BCUT2D eigenvalue weighted by Crippen LogP contribution is 2.44. The van der Waals surface area contributed by atoms with Crippen LogP contribution in [0, 0.1) is 12.3 Å². The fourth-order valence-corrected chi connectivity index (χ4v) is 7.34. The standard InChI is InChI=1S/C31H44N2O6Si/c1-20-22(8-9-24-25(20)18-37-28(24)35)16-23(17-39-40(6,7)30(3,4)5)32-13-10-31(11-14-32)12-15-33(29(31)36)26-19-38-27(34)21(26)2/h8-9,23H,10-19H2,1-7H3. The number of hydrogen-bond donors (Lipinski definition) is 0. The minimum Gasteiger partial charge on any atom is -0.457 e. The van der Waals surface area contributed by atoms with Gasteiger partial charge in [0.05, 0.1) is 22.2 Å². The number of carbonyl (C=O) groups is 3. The van der Waals surface area contributed by atoms with Crippen molar-refractivity contribution in [2.24, 2.45) is 5.41 Å². The summed E-state index contributed by atoms with van der Waals surface area (Å²) >= 11 is 0. The molecule has 40 heavy (non-hydrogen) atoms. The Morgan fingerprint density at radius 2 is 1.62 bits per heavy atom. The van der Waals surface area contributed by atoms with Crippen molar-refractivity contribution in [3.05, 3.63) is 45.7 Å². The summed E-state index contributed by atoms with van der Waals surface area (Å²) in [5.74, 6) is -0.410. The van der Waals surface area contributed by atoms with Crippen LogP contribution < -0.4 is 0 Å². The van der Waals surface area contributed by atoms with Crippen LogP contribution in [0.2, 0.25) is 18.1 Å². The van der Waals surface area contributed by atoms with Crippen molar-refractivity contribution < 1.29 is 28.3 Å². The zero-order valence-electron chi connectivity index (χ0n) is 25.1. The van der Waals surface area contributed by atoms with Crippen molar-refractivity contribution in [1.82, 2.24) is 9.80 Å². The normalized spacial score (nSPS) is 22.3. The molecule has 1 aromatic carbocycles. The van der Waals surface area contributed by atoms with Crippen LogP contribution in [0.15, 0.2) is 23.4 Å². The molecule has 0 aliphatic carbocycles. The lowest BCUT2D eigenvalue weighted by Crippen LogP contribution is -2.52. The SMILES string of the molecule is CC1=C(N2CCC3(CCN(C(CO[Si](C)(C)C(C)(C)C)Cc4ccc5c(c4C)COC5=O)CC3)C2=O)COC1=O. The van der Waals surface area contributed by atoms with Gasteiger partial charge in [-0.05, 0) is 87.9 Å². The van der Waals surface area contributed by atoms with Gasteiger partial charge in [-0.2, -0.15) is 0 Å². The highest BCUT2D eigenvalue weighted by molar-refractivity contribution is 6.74. The molecule has 0 bridgehead atoms. The van der Waals surface area contributed by atoms with Crippen LogP contribution in [0.5, 0.6) is 0 Å². The predicted octanol–water partition coefficient (Wildman–Crippen LogP) is 4.74. The van der Waals surface area contributed by atoms with E-state index in [9.17, 15) is 14.4 Å². The van der Waals surface area contributed by atoms with Gasteiger partial charge >= 0.3 is 11.9 Å². The average Bonchev–Trinajstić information content (AvgIpc) is 3.54. The number of amides is 1. The molecule has 1 amide bonds. The lowest BCUT2D eigenvalue weighted by molar-refractivity contribution is -0.139. The smallest absolute Gasteiger partial charge is 0.338 e. The second-order valence-corrected chi connectivity index (χ2v) is 18.4. The Morgan fingerprint density at radius 3 is 2.25 bits per heavy atom. The summed E-state index contributed by atoms with van der Waals surface area (Å²) in [6.45, 7) is 18.7. The third-order valence-corrected chi connectivity index (χ3v) is 14.9. The molecule has 4 heterocycles. The number of hydrogen-bond acceptors (Lipinski definition) is 7. The molecule has 0 N–H and O–H groups in total. The van der Waals surface area contributed by atoms with E-state index in [1.54, 1.807) is 6.92 Å². The van der Waals surface area contributed by atoms with Crippen molar-refractivity contribution in [3.63, 3.8) is 0 Å². The molecule has 1 unspecified atom stereocenters. The number of ether oxygens (including phenoxy) is 2. The van der Waals surface area contributed by atoms with Crippen molar-refractivity contribution in [2.75, 3.05) is 32.8 Å². The highest BCUT2D eigenvalue weighted by atomic mass is 28.4. The lowest BCUT2D eigenvalue weighted by Gasteiger charge is -2.43. The minimum absolute atomic E-state index is 0.114. The molecular formula is C31H44N2O6Si. The maximum Gasteiger partial charge on any atom is 0.338 e. The molecule has 0 saturated carbocycles. The second-order valence-electron chi connectivity index (χ2n) is 13.6. The van der Waals surface area contributed by atoms with Gasteiger partial charge in [-0.25, -0.2) is 9.59 Å². The average molecular weight is 569 g/mol. The van der Waals surface area contributed by atoms with Gasteiger partial charge in [-0.1, -0.05) is 26.8 Å². The first-order valence-corrected chi connectivity index (χ1v) is 17.5. The van der Waals surface area contributed by atoms with Crippen molar-refractivity contribution >= 4 is 26.2 Å². The Labute approximate surface area is 239 Å². The summed E-state index contributed by atoms with van der Waals surface area (Å²) in [7, 11) is -1.96. The maximum absolute atomic E-state index is 13.7. The van der Waals surface area contributed by atoms with Gasteiger partial charge in [0.25, 0.3) is 0 Å². The van der Waals surface area contributed by atoms with Crippen LogP contribution in [0.1, 0.15) is 74.0 Å². The number of esters is 2. The largest absolute Gasteiger partial charge is 0.457 e. The summed E-state index contributed by atoms with van der Waals surface area (Å²) in [5.41, 5.74) is 4.96. The van der Waals surface area contributed by atoms with Gasteiger partial charge in [-0.15, -0.1) is 0 Å². The number of benzene rings is 1. The molecule has 9 heteroatoms. The molecule has 1 aromatic rings. The fraction of sp³-hybridized carbons (Fsp3) is 0.645. The number of likely N-dealkylation sites (tertiary alicyclic amines) is 2. The van der Waals surface area contributed by atoms with E-state index in [2.05, 4.69) is 51.8 Å². The number of nitrogens with zero attached hydrogens (tertiary/aromatic N) is 2. The van der Waals surface area contributed by atoms with Crippen molar-refractivity contribution in [1.29, 1.82) is 0 Å². The van der Waals surface area contributed by atoms with Crippen LogP contribution in [0.4, 0.5) is 0 Å². The second kappa shape index (κ2) is 10.4. The summed E-state index contributed by atoms with van der Waals surface area (Å²) in [6.07, 6.45) is 3.23. The molecule has 5 rings (SSSR count). The zero-order chi connectivity index (χ0) is 29.0. The molecule has 2 saturated heterocycles. The third-order valence-electron chi connectivity index (χ3n) is 10.4. The first kappa shape index (κ1) is 29.0. The topological polar surface area (TPSA) is 85.4 Å². The lowest BCUT2D eigenvalue weighted by atomic mass is 9.76. The van der Waals surface area contributed by atoms with E-state index in [4.69, 9.17) is 13.9 Å². The van der Waals surface area contributed by atoms with Gasteiger partial charge in [0.15, 0.2) is 8.32 Å². The number of piperidine rings is 1. The third kappa shape index (κ3) is 5.05. The molecule has 1 spiro atoms. The molecule has 1 atom stereocenters. The molecule has 218 valence electrons. The van der Waals surface area contributed by atoms with E-state index in [-0.39, 0.29) is 40.9 Å². The van der Waals surface area contributed by atoms with Crippen LogP contribution in [-0.4, -0.2) is 74.9 Å². The molecule has 2 fully saturated rings.